The normalized spacial score (nSPS) is 15.6. The van der Waals surface area contributed by atoms with Crippen LogP contribution >= 0.6 is 0 Å². The van der Waals surface area contributed by atoms with E-state index < -0.39 is 20.2 Å². The van der Waals surface area contributed by atoms with Crippen molar-refractivity contribution < 1.29 is 35.6 Å². The van der Waals surface area contributed by atoms with E-state index in [9.17, 15) is 25.9 Å². The van der Waals surface area contributed by atoms with Gasteiger partial charge in [0, 0.05) is 35.7 Å². The van der Waals surface area contributed by atoms with E-state index in [1.807, 2.05) is 50.2 Å². The number of quaternary nitrogens is 1. The largest absolute Gasteiger partial charge is 0.744 e. The van der Waals surface area contributed by atoms with Gasteiger partial charge < -0.3 is 24.4 Å². The topological polar surface area (TPSA) is 141 Å². The van der Waals surface area contributed by atoms with E-state index in [0.717, 1.165) is 73.9 Å². The van der Waals surface area contributed by atoms with Crippen molar-refractivity contribution in [1.82, 2.24) is 0 Å². The van der Waals surface area contributed by atoms with Gasteiger partial charge in [0.05, 0.1) is 22.9 Å². The lowest BCUT2D eigenvalue weighted by atomic mass is 9.84. The summed E-state index contributed by atoms with van der Waals surface area (Å²) in [6, 6.07) is 35.3. The van der Waals surface area contributed by atoms with E-state index in [0.29, 0.717) is 26.2 Å². The van der Waals surface area contributed by atoms with Crippen molar-refractivity contribution >= 4 is 42.9 Å². The molecule has 2 atom stereocenters. The van der Waals surface area contributed by atoms with Crippen LogP contribution < -0.4 is 19.9 Å². The van der Waals surface area contributed by atoms with Gasteiger partial charge in [-0.1, -0.05) is 48.5 Å². The van der Waals surface area contributed by atoms with Gasteiger partial charge in [0.1, 0.15) is 28.5 Å². The molecule has 10 nitrogen and oxygen atoms in total. The molecule has 0 heterocycles. The Kier molecular flexibility index (Phi) is 13.6. The molecular weight excluding hydrogens is 783 g/mol. The Morgan fingerprint density at radius 3 is 2.05 bits per heavy atom. The first kappa shape index (κ1) is 43.1. The third-order valence-electron chi connectivity index (χ3n) is 10.6. The highest BCUT2D eigenvalue weighted by Crippen LogP contribution is 2.37. The molecule has 0 radical (unpaired) electrons. The number of aryl methyl sites for hydroxylation is 1. The lowest BCUT2D eigenvalue weighted by molar-refractivity contribution is -0.924. The molecular formula is C47H51N3O7S2. The third kappa shape index (κ3) is 10.8. The minimum Gasteiger partial charge on any atom is -0.744 e. The number of ether oxygens (including phenoxy) is 1. The first-order valence-corrected chi connectivity index (χ1v) is 22.5. The van der Waals surface area contributed by atoms with Gasteiger partial charge in [-0.2, -0.15) is 8.42 Å². The maximum Gasteiger partial charge on any atom is 0.294 e. The van der Waals surface area contributed by atoms with Crippen LogP contribution in [0.15, 0.2) is 154 Å². The van der Waals surface area contributed by atoms with E-state index in [2.05, 4.69) is 91.7 Å². The number of allylic oxidation sites excluding steroid dienone is 3. The maximum atomic E-state index is 11.8. The van der Waals surface area contributed by atoms with Gasteiger partial charge in [-0.05, 0) is 159 Å². The standard InChI is InChI=1S/C47H51N3O7S2/c1-6-49(31-35-11-9-13-43(29-35)58(51,52)53)40-21-25-45(33(4)27-40)47(37-15-17-38(18-16-37)48-39-19-23-42(24-20-39)57-8-3)46-26-22-41(28-34(46)5)50(7-2)32-36-12-10-14-44(30-36)59(54,55)56/h9-30,40,48H,6-8,31-32H2,1-5H3,(H,51,52,53)(H,54,55,56)/b47-45+. The highest BCUT2D eigenvalue weighted by Gasteiger charge is 2.24. The summed E-state index contributed by atoms with van der Waals surface area (Å²) in [6.07, 6.45) is 6.64. The molecule has 5 aromatic rings. The fourth-order valence-corrected chi connectivity index (χ4v) is 8.60. The van der Waals surface area contributed by atoms with E-state index in [-0.39, 0.29) is 15.8 Å². The molecule has 308 valence electrons. The summed E-state index contributed by atoms with van der Waals surface area (Å²) < 4.78 is 74.1. The molecule has 6 rings (SSSR count). The summed E-state index contributed by atoms with van der Waals surface area (Å²) in [5, 5.41) is 3.49. The zero-order valence-electron chi connectivity index (χ0n) is 34.0. The lowest BCUT2D eigenvalue weighted by Crippen LogP contribution is -3.13. The Morgan fingerprint density at radius 1 is 0.814 bits per heavy atom. The van der Waals surface area contributed by atoms with E-state index in [4.69, 9.17) is 4.74 Å². The molecule has 0 spiro atoms. The zero-order valence-corrected chi connectivity index (χ0v) is 35.6. The van der Waals surface area contributed by atoms with Crippen LogP contribution in [0.3, 0.4) is 0 Å². The van der Waals surface area contributed by atoms with E-state index in [1.54, 1.807) is 12.1 Å². The second kappa shape index (κ2) is 18.6. The predicted octanol–water partition coefficient (Wildman–Crippen LogP) is 8.11. The van der Waals surface area contributed by atoms with Crippen molar-refractivity contribution in [3.63, 3.8) is 0 Å². The summed E-state index contributed by atoms with van der Waals surface area (Å²) in [5.41, 5.74) is 10.8. The number of hydrogen-bond acceptors (Lipinski definition) is 8. The van der Waals surface area contributed by atoms with Crippen LogP contribution in [-0.2, 0) is 33.3 Å². The SMILES string of the molecule is CCOc1ccc(Nc2ccc(/C(=C3/C=CC([NH+](CC)Cc4cccc(S(=O)(=O)[O-])c4)C=C3C)c3ccc(N(CC)Cc4cccc(S(=O)(=O)O)c4)cc3C)cc2)cc1. The minimum atomic E-state index is -4.56. The second-order valence-corrected chi connectivity index (χ2v) is 17.4. The molecule has 12 heteroatoms. The number of likely N-dealkylation sites (N-methyl/N-ethyl adjacent to an activating group) is 1. The summed E-state index contributed by atoms with van der Waals surface area (Å²) in [6.45, 7) is 13.4. The molecule has 1 aliphatic rings. The minimum absolute atomic E-state index is 0.0131. The van der Waals surface area contributed by atoms with Crippen LogP contribution in [0, 0.1) is 6.92 Å². The smallest absolute Gasteiger partial charge is 0.294 e. The Labute approximate surface area is 348 Å². The van der Waals surface area contributed by atoms with Crippen LogP contribution in [-0.4, -0.2) is 51.7 Å². The maximum absolute atomic E-state index is 11.8. The van der Waals surface area contributed by atoms with Crippen LogP contribution in [0.1, 0.15) is 55.5 Å². The van der Waals surface area contributed by atoms with Crippen molar-refractivity contribution in [3.8, 4) is 5.75 Å². The van der Waals surface area contributed by atoms with Crippen molar-refractivity contribution in [1.29, 1.82) is 0 Å². The first-order chi connectivity index (χ1) is 28.2. The Hall–Kier alpha value is -5.50. The predicted molar refractivity (Wildman–Crippen MR) is 234 cm³/mol. The average Bonchev–Trinajstić information content (AvgIpc) is 3.21. The molecule has 3 N–H and O–H groups in total. The number of benzene rings is 5. The summed E-state index contributed by atoms with van der Waals surface area (Å²) in [5.74, 6) is 0.818. The van der Waals surface area contributed by atoms with Gasteiger partial charge >= 0.3 is 0 Å². The van der Waals surface area contributed by atoms with Gasteiger partial charge in [-0.3, -0.25) is 4.55 Å². The molecule has 0 aliphatic heterocycles. The lowest BCUT2D eigenvalue weighted by Gasteiger charge is -2.28. The van der Waals surface area contributed by atoms with Gasteiger partial charge in [0.25, 0.3) is 10.1 Å². The van der Waals surface area contributed by atoms with E-state index in [1.165, 1.54) is 29.2 Å². The second-order valence-electron chi connectivity index (χ2n) is 14.6. The quantitative estimate of drug-likeness (QED) is 0.0842. The average molecular weight is 834 g/mol. The molecule has 0 bridgehead atoms. The van der Waals surface area contributed by atoms with Crippen LogP contribution in [0.25, 0.3) is 5.57 Å². The Balaban J connectivity index is 1.35. The fourth-order valence-electron chi connectivity index (χ4n) is 7.51. The highest BCUT2D eigenvalue weighted by atomic mass is 32.2. The van der Waals surface area contributed by atoms with Crippen LogP contribution in [0.2, 0.25) is 0 Å². The van der Waals surface area contributed by atoms with Crippen molar-refractivity contribution in [2.75, 3.05) is 29.9 Å². The Bertz CT molecular complexity index is 2600. The zero-order chi connectivity index (χ0) is 42.3. The molecule has 0 saturated carbocycles. The van der Waals surface area contributed by atoms with Crippen molar-refractivity contribution in [2.24, 2.45) is 0 Å². The molecule has 0 fully saturated rings. The number of hydrogen-bond donors (Lipinski definition) is 3. The van der Waals surface area contributed by atoms with Crippen LogP contribution in [0.4, 0.5) is 17.1 Å². The third-order valence-corrected chi connectivity index (χ3v) is 12.2. The Morgan fingerprint density at radius 2 is 1.46 bits per heavy atom. The molecule has 5 aromatic carbocycles. The van der Waals surface area contributed by atoms with Gasteiger partial charge in [0.2, 0.25) is 0 Å². The van der Waals surface area contributed by atoms with Gasteiger partial charge in [-0.15, -0.1) is 0 Å². The van der Waals surface area contributed by atoms with Gasteiger partial charge in [0.15, 0.2) is 0 Å². The fraction of sp³-hybridized carbons (Fsp3) is 0.234. The van der Waals surface area contributed by atoms with Crippen molar-refractivity contribution in [3.05, 3.63) is 172 Å². The van der Waals surface area contributed by atoms with E-state index >= 15 is 0 Å². The summed E-state index contributed by atoms with van der Waals surface area (Å²) in [4.78, 5) is 3.01. The number of nitrogens with zero attached hydrogens (tertiary/aromatic N) is 1. The molecule has 0 saturated heterocycles. The monoisotopic (exact) mass is 833 g/mol. The highest BCUT2D eigenvalue weighted by molar-refractivity contribution is 7.86. The van der Waals surface area contributed by atoms with Gasteiger partial charge in [-0.25, -0.2) is 8.42 Å². The number of rotatable bonds is 16. The van der Waals surface area contributed by atoms with Crippen molar-refractivity contribution in [2.45, 2.75) is 63.5 Å². The number of nitrogens with one attached hydrogen (secondary N) is 2. The molecule has 2 unspecified atom stereocenters. The molecule has 0 aromatic heterocycles. The molecule has 59 heavy (non-hydrogen) atoms. The van der Waals surface area contributed by atoms with Crippen LogP contribution in [0.5, 0.6) is 5.75 Å². The summed E-state index contributed by atoms with van der Waals surface area (Å²) >= 11 is 0. The molecule has 1 aliphatic carbocycles. The molecule has 0 amide bonds. The summed E-state index contributed by atoms with van der Waals surface area (Å²) in [7, 11) is -8.88. The number of anilines is 3. The first-order valence-electron chi connectivity index (χ1n) is 19.7.